The number of halogens is 4. The van der Waals surface area contributed by atoms with Crippen molar-refractivity contribution in [2.75, 3.05) is 6.61 Å². The lowest BCUT2D eigenvalue weighted by Gasteiger charge is -2.46. The minimum Gasteiger partial charge on any atom is -0.369 e. The first-order chi connectivity index (χ1) is 11.8. The topological polar surface area (TPSA) is 33.6 Å². The Morgan fingerprint density at radius 1 is 1.40 bits per heavy atom. The number of piperidine rings is 1. The lowest BCUT2D eigenvalue weighted by Crippen LogP contribution is -2.55. The van der Waals surface area contributed by atoms with Crippen LogP contribution in [0.4, 0.5) is 13.2 Å². The van der Waals surface area contributed by atoms with Crippen LogP contribution in [0.15, 0.2) is 22.8 Å². The van der Waals surface area contributed by atoms with Crippen LogP contribution in [0.3, 0.4) is 0 Å². The Kier molecular flexibility index (Phi) is 4.26. The van der Waals surface area contributed by atoms with Crippen LogP contribution in [0.2, 0.25) is 4.34 Å². The summed E-state index contributed by atoms with van der Waals surface area (Å²) in [6.07, 6.45) is -1.33. The molecule has 0 aromatic carbocycles. The molecule has 1 aromatic rings. The molecule has 1 N–H and O–H groups in total. The van der Waals surface area contributed by atoms with Crippen molar-refractivity contribution in [3.63, 3.8) is 0 Å². The fourth-order valence-electron chi connectivity index (χ4n) is 4.11. The molecule has 1 fully saturated rings. The molecule has 0 aliphatic carbocycles. The molecule has 0 unspecified atom stereocenters. The lowest BCUT2D eigenvalue weighted by molar-refractivity contribution is -0.0929. The first-order valence-electron chi connectivity index (χ1n) is 8.28. The van der Waals surface area contributed by atoms with Crippen LogP contribution in [0.5, 0.6) is 0 Å². The van der Waals surface area contributed by atoms with Crippen LogP contribution in [-0.4, -0.2) is 30.6 Å². The molecule has 3 atom stereocenters. The predicted octanol–water partition coefficient (Wildman–Crippen LogP) is 4.60. The highest BCUT2D eigenvalue weighted by Crippen LogP contribution is 2.48. The zero-order valence-electron chi connectivity index (χ0n) is 13.6. The number of nitrogens with zero attached hydrogens (tertiary/aromatic N) is 1. The van der Waals surface area contributed by atoms with Crippen LogP contribution in [0, 0.1) is 0 Å². The summed E-state index contributed by atoms with van der Waals surface area (Å²) in [7, 11) is 0. The van der Waals surface area contributed by atoms with Gasteiger partial charge in [-0.3, -0.25) is 4.99 Å². The Morgan fingerprint density at radius 2 is 2.20 bits per heavy atom. The van der Waals surface area contributed by atoms with Gasteiger partial charge in [0, 0.05) is 41.7 Å². The highest BCUT2D eigenvalue weighted by Gasteiger charge is 2.48. The van der Waals surface area contributed by atoms with Gasteiger partial charge in [-0.1, -0.05) is 11.6 Å². The van der Waals surface area contributed by atoms with E-state index in [1.807, 2.05) is 13.0 Å². The molecule has 4 heterocycles. The highest BCUT2D eigenvalue weighted by atomic mass is 35.5. The average molecular weight is 391 g/mol. The molecular weight excluding hydrogens is 373 g/mol. The maximum absolute atomic E-state index is 12.9. The fourth-order valence-corrected chi connectivity index (χ4v) is 5.57. The van der Waals surface area contributed by atoms with E-state index >= 15 is 0 Å². The summed E-state index contributed by atoms with van der Waals surface area (Å²) < 4.78 is 45.7. The van der Waals surface area contributed by atoms with Crippen molar-refractivity contribution in [2.24, 2.45) is 4.99 Å². The summed E-state index contributed by atoms with van der Waals surface area (Å²) in [6, 6.07) is 1.87. The number of fused-ring (bicyclic) bond motifs is 2. The van der Waals surface area contributed by atoms with Crippen molar-refractivity contribution < 1.29 is 17.9 Å². The molecule has 8 heteroatoms. The number of hydrogen-bond donors (Lipinski definition) is 1. The van der Waals surface area contributed by atoms with Crippen molar-refractivity contribution in [2.45, 2.75) is 56.5 Å². The number of thiophene rings is 1. The summed E-state index contributed by atoms with van der Waals surface area (Å²) in [5.74, 6) is 0. The Balaban J connectivity index is 1.60. The summed E-state index contributed by atoms with van der Waals surface area (Å²) >= 11 is 7.74. The molecular formula is C17H18ClF3N2OS. The zero-order valence-corrected chi connectivity index (χ0v) is 15.2. The number of alkyl halides is 3. The Morgan fingerprint density at radius 3 is 2.92 bits per heavy atom. The van der Waals surface area contributed by atoms with E-state index in [0.717, 1.165) is 28.3 Å². The summed E-state index contributed by atoms with van der Waals surface area (Å²) in [5, 5.41) is 3.40. The molecule has 0 saturated carbocycles. The van der Waals surface area contributed by atoms with Gasteiger partial charge in [-0.05, 0) is 31.4 Å². The van der Waals surface area contributed by atoms with Gasteiger partial charge in [0.25, 0.3) is 0 Å². The van der Waals surface area contributed by atoms with E-state index in [9.17, 15) is 13.2 Å². The van der Waals surface area contributed by atoms with E-state index in [2.05, 4.69) is 10.3 Å². The van der Waals surface area contributed by atoms with Gasteiger partial charge >= 0.3 is 6.18 Å². The van der Waals surface area contributed by atoms with Gasteiger partial charge in [0.05, 0.1) is 16.5 Å². The van der Waals surface area contributed by atoms with Crippen LogP contribution < -0.4 is 5.32 Å². The molecule has 3 aliphatic heterocycles. The van der Waals surface area contributed by atoms with Crippen LogP contribution in [0.25, 0.3) is 0 Å². The molecule has 1 aromatic heterocycles. The minimum absolute atomic E-state index is 0.114. The van der Waals surface area contributed by atoms with E-state index < -0.39 is 17.4 Å². The summed E-state index contributed by atoms with van der Waals surface area (Å²) in [6.45, 7) is 2.65. The summed E-state index contributed by atoms with van der Waals surface area (Å²) in [5.41, 5.74) is 0.679. The van der Waals surface area contributed by atoms with Gasteiger partial charge < -0.3 is 10.1 Å². The maximum atomic E-state index is 12.9. The summed E-state index contributed by atoms with van der Waals surface area (Å²) in [4.78, 5) is 5.20. The molecule has 25 heavy (non-hydrogen) atoms. The second kappa shape index (κ2) is 6.08. The number of rotatable bonds is 1. The smallest absolute Gasteiger partial charge is 0.369 e. The van der Waals surface area contributed by atoms with E-state index in [1.54, 1.807) is 0 Å². The monoisotopic (exact) mass is 390 g/mol. The lowest BCUT2D eigenvalue weighted by atomic mass is 9.78. The largest absolute Gasteiger partial charge is 0.414 e. The van der Waals surface area contributed by atoms with E-state index in [1.165, 1.54) is 16.9 Å². The van der Waals surface area contributed by atoms with Crippen molar-refractivity contribution in [1.82, 2.24) is 5.32 Å². The Labute approximate surface area is 152 Å². The molecule has 3 nitrogen and oxygen atoms in total. The van der Waals surface area contributed by atoms with Crippen molar-refractivity contribution in [1.29, 1.82) is 0 Å². The third kappa shape index (κ3) is 3.16. The maximum Gasteiger partial charge on any atom is 0.414 e. The molecule has 1 spiro atoms. The second-order valence-corrected chi connectivity index (χ2v) is 8.66. The molecule has 0 bridgehead atoms. The standard InChI is InChI=1S/C17H18ClF3N2OS/c1-9-6-16(15-10(2-3-24-16)4-14(18)25-15)7-13(23-9)12-5-11(8-22-12)17(19,20)21/h4,8-9,13,23H,2-3,5-7H2,1H3/t9-,13-,16-/m0/s1. The zero-order chi connectivity index (χ0) is 17.8. The van der Waals surface area contributed by atoms with E-state index in [-0.39, 0.29) is 18.5 Å². The quantitative estimate of drug-likeness (QED) is 0.760. The van der Waals surface area contributed by atoms with Gasteiger partial charge in [-0.2, -0.15) is 13.2 Å². The normalized spacial score (nSPS) is 32.5. The first-order valence-corrected chi connectivity index (χ1v) is 9.48. The highest BCUT2D eigenvalue weighted by molar-refractivity contribution is 7.16. The third-order valence-corrected chi connectivity index (χ3v) is 6.61. The van der Waals surface area contributed by atoms with Crippen LogP contribution in [0.1, 0.15) is 36.6 Å². The molecule has 0 radical (unpaired) electrons. The SMILES string of the molecule is C[C@H]1C[C@@]2(C[C@@H](C3=NC=C(C(F)(F)F)C3)N1)OCCc1cc(Cl)sc12. The number of nitrogens with one attached hydrogen (secondary N) is 1. The molecule has 0 amide bonds. The molecule has 4 rings (SSSR count). The molecule has 1 saturated heterocycles. The van der Waals surface area contributed by atoms with Gasteiger partial charge in [0.15, 0.2) is 0 Å². The van der Waals surface area contributed by atoms with Crippen molar-refractivity contribution in [3.8, 4) is 0 Å². The third-order valence-electron chi connectivity index (χ3n) is 5.12. The first kappa shape index (κ1) is 17.5. The minimum atomic E-state index is -4.32. The van der Waals surface area contributed by atoms with Crippen LogP contribution in [-0.2, 0) is 16.8 Å². The Hall–Kier alpha value is -0.890. The van der Waals surface area contributed by atoms with E-state index in [4.69, 9.17) is 16.3 Å². The molecule has 136 valence electrons. The number of allylic oxidation sites excluding steroid dienone is 1. The average Bonchev–Trinajstić information content (AvgIpc) is 3.13. The fraction of sp³-hybridized carbons (Fsp3) is 0.588. The molecule has 3 aliphatic rings. The van der Waals surface area contributed by atoms with Crippen molar-refractivity contribution in [3.05, 3.63) is 32.6 Å². The van der Waals surface area contributed by atoms with Gasteiger partial charge in [-0.15, -0.1) is 11.3 Å². The number of aliphatic imine (C=N–C) groups is 1. The van der Waals surface area contributed by atoms with Gasteiger partial charge in [0.1, 0.15) is 5.60 Å². The number of hydrogen-bond acceptors (Lipinski definition) is 4. The van der Waals surface area contributed by atoms with Crippen LogP contribution >= 0.6 is 22.9 Å². The predicted molar refractivity (Wildman–Crippen MR) is 92.5 cm³/mol. The Bertz CT molecular complexity index is 758. The van der Waals surface area contributed by atoms with Crippen molar-refractivity contribution >= 4 is 28.6 Å². The van der Waals surface area contributed by atoms with E-state index in [0.29, 0.717) is 18.7 Å². The second-order valence-electron chi connectivity index (χ2n) is 6.98. The van der Waals surface area contributed by atoms with Gasteiger partial charge in [0.2, 0.25) is 0 Å². The van der Waals surface area contributed by atoms with Gasteiger partial charge in [-0.25, -0.2) is 0 Å². The number of ether oxygens (including phenoxy) is 1.